The summed E-state index contributed by atoms with van der Waals surface area (Å²) in [5.41, 5.74) is 3.28. The summed E-state index contributed by atoms with van der Waals surface area (Å²) >= 11 is 0. The molecule has 7 heteroatoms. The van der Waals surface area contributed by atoms with Crippen molar-refractivity contribution >= 4 is 11.7 Å². The van der Waals surface area contributed by atoms with Crippen LogP contribution in [-0.2, 0) is 18.0 Å². The lowest BCUT2D eigenvalue weighted by atomic mass is 10.0. The van der Waals surface area contributed by atoms with Crippen LogP contribution in [0.5, 0.6) is 11.5 Å². The van der Waals surface area contributed by atoms with Gasteiger partial charge in [0.2, 0.25) is 0 Å². The Morgan fingerprint density at radius 1 is 1.09 bits per heavy atom. The largest absolute Gasteiger partial charge is 0.492 e. The first-order valence-electron chi connectivity index (χ1n) is 11.4. The first-order chi connectivity index (χ1) is 16.5. The Labute approximate surface area is 199 Å². The summed E-state index contributed by atoms with van der Waals surface area (Å²) < 4.78 is 30.7. The molecule has 1 aliphatic rings. The van der Waals surface area contributed by atoms with E-state index < -0.39 is 0 Å². The van der Waals surface area contributed by atoms with Gasteiger partial charge in [0, 0.05) is 5.56 Å². The molecule has 178 valence electrons. The zero-order valence-electron chi connectivity index (χ0n) is 19.4. The van der Waals surface area contributed by atoms with Gasteiger partial charge in [-0.25, -0.2) is 9.18 Å². The number of fused-ring (bicyclic) bond motifs is 1. The smallest absolute Gasteiger partial charge is 0.322 e. The van der Waals surface area contributed by atoms with Crippen LogP contribution in [0.1, 0.15) is 36.6 Å². The zero-order valence-corrected chi connectivity index (χ0v) is 19.4. The number of ether oxygens (including phenoxy) is 3. The molecule has 6 nitrogen and oxygen atoms in total. The molecule has 0 unspecified atom stereocenters. The fraction of sp³-hybridized carbons (Fsp3) is 0.296. The number of nitrogens with zero attached hydrogens (tertiary/aromatic N) is 1. The van der Waals surface area contributed by atoms with Crippen molar-refractivity contribution in [2.45, 2.75) is 33.1 Å². The van der Waals surface area contributed by atoms with Crippen LogP contribution in [0.25, 0.3) is 0 Å². The summed E-state index contributed by atoms with van der Waals surface area (Å²) in [6, 6.07) is 19.2. The van der Waals surface area contributed by atoms with Gasteiger partial charge in [-0.3, -0.25) is 0 Å². The van der Waals surface area contributed by atoms with Crippen LogP contribution < -0.4 is 14.8 Å². The van der Waals surface area contributed by atoms with Crippen LogP contribution >= 0.6 is 0 Å². The molecule has 3 aromatic rings. The maximum Gasteiger partial charge on any atom is 0.322 e. The van der Waals surface area contributed by atoms with Crippen LogP contribution in [0.2, 0.25) is 0 Å². The molecule has 0 saturated carbocycles. The van der Waals surface area contributed by atoms with Gasteiger partial charge in [-0.1, -0.05) is 30.3 Å². The second-order valence-corrected chi connectivity index (χ2v) is 8.07. The number of hydrogen-bond donors (Lipinski definition) is 1. The normalized spacial score (nSPS) is 15.1. The van der Waals surface area contributed by atoms with E-state index in [0.29, 0.717) is 44.4 Å². The number of carbonyl (C=O) groups excluding carboxylic acids is 1. The summed E-state index contributed by atoms with van der Waals surface area (Å²) in [6.07, 6.45) is 0. The number of halogens is 1. The summed E-state index contributed by atoms with van der Waals surface area (Å²) in [5, 5.41) is 2.98. The molecule has 1 aliphatic heterocycles. The lowest BCUT2D eigenvalue weighted by Crippen LogP contribution is -2.38. The first kappa shape index (κ1) is 23.6. The van der Waals surface area contributed by atoms with Crippen LogP contribution in [-0.4, -0.2) is 30.7 Å². The van der Waals surface area contributed by atoms with Crippen molar-refractivity contribution in [3.63, 3.8) is 0 Å². The lowest BCUT2D eigenvalue weighted by molar-refractivity contribution is 0.107. The molecule has 3 aromatic carbocycles. The van der Waals surface area contributed by atoms with E-state index in [1.165, 1.54) is 12.1 Å². The summed E-state index contributed by atoms with van der Waals surface area (Å²) in [5.74, 6) is 1.11. The third-order valence-corrected chi connectivity index (χ3v) is 5.70. The maximum absolute atomic E-state index is 13.4. The number of carbonyl (C=O) groups is 1. The van der Waals surface area contributed by atoms with E-state index >= 15 is 0 Å². The van der Waals surface area contributed by atoms with E-state index in [-0.39, 0.29) is 17.9 Å². The Kier molecular flexibility index (Phi) is 7.65. The van der Waals surface area contributed by atoms with Crippen molar-refractivity contribution in [1.82, 2.24) is 4.90 Å². The predicted octanol–water partition coefficient (Wildman–Crippen LogP) is 5.93. The second-order valence-electron chi connectivity index (χ2n) is 8.07. The molecule has 1 N–H and O–H groups in total. The minimum Gasteiger partial charge on any atom is -0.492 e. The molecule has 0 bridgehead atoms. The van der Waals surface area contributed by atoms with Gasteiger partial charge in [0.15, 0.2) is 0 Å². The third-order valence-electron chi connectivity index (χ3n) is 5.70. The minimum atomic E-state index is -0.278. The second kappa shape index (κ2) is 11.0. The van der Waals surface area contributed by atoms with Crippen molar-refractivity contribution < 1.29 is 23.4 Å². The van der Waals surface area contributed by atoms with Gasteiger partial charge in [-0.05, 0) is 61.4 Å². The molecule has 0 aliphatic carbocycles. The van der Waals surface area contributed by atoms with Gasteiger partial charge in [-0.2, -0.15) is 0 Å². The molecule has 0 spiro atoms. The number of amides is 2. The van der Waals surface area contributed by atoms with Gasteiger partial charge in [-0.15, -0.1) is 0 Å². The van der Waals surface area contributed by atoms with Gasteiger partial charge < -0.3 is 24.4 Å². The Balaban J connectivity index is 1.45. The number of rotatable bonds is 7. The van der Waals surface area contributed by atoms with E-state index in [0.717, 1.165) is 22.4 Å². The van der Waals surface area contributed by atoms with Crippen LogP contribution in [0.15, 0.2) is 66.7 Å². The highest BCUT2D eigenvalue weighted by Crippen LogP contribution is 2.34. The number of urea groups is 1. The summed E-state index contributed by atoms with van der Waals surface area (Å²) in [4.78, 5) is 14.9. The van der Waals surface area contributed by atoms with Crippen LogP contribution in [0.3, 0.4) is 0 Å². The van der Waals surface area contributed by atoms with Gasteiger partial charge >= 0.3 is 6.03 Å². The van der Waals surface area contributed by atoms with E-state index in [2.05, 4.69) is 5.32 Å². The number of para-hydroxylation sites is 2. The maximum atomic E-state index is 13.4. The molecular weight excluding hydrogens is 435 g/mol. The number of anilines is 1. The molecule has 0 fully saturated rings. The fourth-order valence-electron chi connectivity index (χ4n) is 3.99. The van der Waals surface area contributed by atoms with Crippen molar-refractivity contribution in [3.8, 4) is 11.5 Å². The average molecular weight is 465 g/mol. The summed E-state index contributed by atoms with van der Waals surface area (Å²) in [7, 11) is 0. The minimum absolute atomic E-state index is 0.208. The Hall–Kier alpha value is -3.58. The molecular formula is C27H29FN2O4. The highest BCUT2D eigenvalue weighted by Gasteiger charge is 2.27. The SMILES string of the molecule is CCOc1ccccc1NC(=O)N1CCOc2ccc(COCc3cccc(F)c3)cc2[C@H]1C. The average Bonchev–Trinajstić information content (AvgIpc) is 2.99. The standard InChI is InChI=1S/C27H29FN2O4/c1-3-33-26-10-5-4-9-24(26)29-27(31)30-13-14-34-25-12-11-21(16-23(25)19(30)2)18-32-17-20-7-6-8-22(28)15-20/h4-12,15-16,19H,3,13-14,17-18H2,1-2H3,(H,29,31)/t19-/m1/s1. The predicted molar refractivity (Wildman–Crippen MR) is 129 cm³/mol. The number of nitrogens with one attached hydrogen (secondary N) is 1. The third kappa shape index (κ3) is 5.66. The Bertz CT molecular complexity index is 1140. The van der Waals surface area contributed by atoms with Crippen molar-refractivity contribution in [2.75, 3.05) is 25.1 Å². The van der Waals surface area contributed by atoms with Crippen LogP contribution in [0, 0.1) is 5.82 Å². The van der Waals surface area contributed by atoms with Gasteiger partial charge in [0.05, 0.1) is 38.1 Å². The molecule has 0 aromatic heterocycles. The van der Waals surface area contributed by atoms with Crippen molar-refractivity contribution in [3.05, 3.63) is 89.2 Å². The lowest BCUT2D eigenvalue weighted by Gasteiger charge is -2.28. The highest BCUT2D eigenvalue weighted by atomic mass is 19.1. The van der Waals surface area contributed by atoms with E-state index in [1.807, 2.05) is 62.4 Å². The number of hydrogen-bond acceptors (Lipinski definition) is 4. The van der Waals surface area contributed by atoms with Crippen LogP contribution in [0.4, 0.5) is 14.9 Å². The molecule has 0 radical (unpaired) electrons. The van der Waals surface area contributed by atoms with E-state index in [4.69, 9.17) is 14.2 Å². The zero-order chi connectivity index (χ0) is 23.9. The van der Waals surface area contributed by atoms with Gasteiger partial charge in [0.25, 0.3) is 0 Å². The molecule has 1 atom stereocenters. The summed E-state index contributed by atoms with van der Waals surface area (Å²) in [6.45, 7) is 5.93. The van der Waals surface area contributed by atoms with E-state index in [9.17, 15) is 9.18 Å². The molecule has 4 rings (SSSR count). The van der Waals surface area contributed by atoms with Crippen molar-refractivity contribution in [1.29, 1.82) is 0 Å². The molecule has 34 heavy (non-hydrogen) atoms. The van der Waals surface area contributed by atoms with Crippen molar-refractivity contribution in [2.24, 2.45) is 0 Å². The Morgan fingerprint density at radius 2 is 1.88 bits per heavy atom. The van der Waals surface area contributed by atoms with E-state index in [1.54, 1.807) is 11.0 Å². The topological polar surface area (TPSA) is 60.0 Å². The number of benzene rings is 3. The Morgan fingerprint density at radius 3 is 2.68 bits per heavy atom. The molecule has 2 amide bonds. The molecule has 0 saturated heterocycles. The quantitative estimate of drug-likeness (QED) is 0.471. The highest BCUT2D eigenvalue weighted by molar-refractivity contribution is 5.91. The fourth-order valence-corrected chi connectivity index (χ4v) is 3.99. The first-order valence-corrected chi connectivity index (χ1v) is 11.4. The monoisotopic (exact) mass is 464 g/mol. The van der Waals surface area contributed by atoms with Gasteiger partial charge in [0.1, 0.15) is 23.9 Å². The molecule has 1 heterocycles.